The van der Waals surface area contributed by atoms with Gasteiger partial charge in [-0.15, -0.1) is 0 Å². The summed E-state index contributed by atoms with van der Waals surface area (Å²) >= 11 is 0. The van der Waals surface area contributed by atoms with Crippen LogP contribution in [0.25, 0.3) is 0 Å². The molecule has 0 aliphatic heterocycles. The predicted octanol–water partition coefficient (Wildman–Crippen LogP) is 0.432. The number of rotatable bonds is 3. The zero-order valence-corrected chi connectivity index (χ0v) is 8.07. The van der Waals surface area contributed by atoms with Crippen LogP contribution in [-0.4, -0.2) is 19.6 Å². The summed E-state index contributed by atoms with van der Waals surface area (Å²) in [7, 11) is 1.35. The highest BCUT2D eigenvalue weighted by Gasteiger charge is 2.07. The van der Waals surface area contributed by atoms with Gasteiger partial charge >= 0.3 is 5.97 Å². The van der Waals surface area contributed by atoms with Crippen molar-refractivity contribution in [3.63, 3.8) is 0 Å². The Morgan fingerprint density at radius 3 is 2.43 bits per heavy atom. The fraction of sp³-hybridized carbons (Fsp3) is 0.300. The maximum Gasteiger partial charge on any atom is 0.337 e. The topological polar surface area (TPSA) is 78.3 Å². The van der Waals surface area contributed by atoms with Gasteiger partial charge in [-0.3, -0.25) is 0 Å². The molecule has 76 valence electrons. The van der Waals surface area contributed by atoms with E-state index in [0.29, 0.717) is 12.1 Å². The first kappa shape index (κ1) is 10.7. The lowest BCUT2D eigenvalue weighted by Gasteiger charge is -2.08. The molecule has 0 aromatic heterocycles. The number of carbonyl (C=O) groups is 1. The summed E-state index contributed by atoms with van der Waals surface area (Å²) in [5.74, 6) is -0.349. The van der Waals surface area contributed by atoms with E-state index in [9.17, 15) is 4.79 Å². The molecule has 4 nitrogen and oxygen atoms in total. The standard InChI is InChI=1S/C10H14N2O2/c1-14-10(13)8-4-2-7(3-5-8)9(12)6-11/h2-5,9H,6,11-12H2,1H3. The van der Waals surface area contributed by atoms with E-state index in [4.69, 9.17) is 11.5 Å². The van der Waals surface area contributed by atoms with Crippen LogP contribution in [0, 0.1) is 0 Å². The Balaban J connectivity index is 2.83. The van der Waals surface area contributed by atoms with Crippen LogP contribution in [0.4, 0.5) is 0 Å². The number of benzene rings is 1. The van der Waals surface area contributed by atoms with Crippen LogP contribution in [0.3, 0.4) is 0 Å². The summed E-state index contributed by atoms with van der Waals surface area (Å²) in [5.41, 5.74) is 12.6. The van der Waals surface area contributed by atoms with Crippen LogP contribution in [0.2, 0.25) is 0 Å². The summed E-state index contributed by atoms with van der Waals surface area (Å²) < 4.78 is 4.57. The van der Waals surface area contributed by atoms with Crippen molar-refractivity contribution >= 4 is 5.97 Å². The Kier molecular flexibility index (Phi) is 3.62. The summed E-state index contributed by atoms with van der Waals surface area (Å²) in [5, 5.41) is 0. The SMILES string of the molecule is COC(=O)c1ccc(C(N)CN)cc1. The average Bonchev–Trinajstić information content (AvgIpc) is 2.27. The molecule has 4 heteroatoms. The van der Waals surface area contributed by atoms with E-state index in [1.54, 1.807) is 24.3 Å². The summed E-state index contributed by atoms with van der Waals surface area (Å²) in [6, 6.07) is 6.74. The van der Waals surface area contributed by atoms with Crippen molar-refractivity contribution in [1.82, 2.24) is 0 Å². The van der Waals surface area contributed by atoms with Gasteiger partial charge in [-0.1, -0.05) is 12.1 Å². The zero-order valence-electron chi connectivity index (χ0n) is 8.07. The Hall–Kier alpha value is -1.39. The molecule has 0 aliphatic rings. The maximum atomic E-state index is 11.1. The highest BCUT2D eigenvalue weighted by atomic mass is 16.5. The number of nitrogens with two attached hydrogens (primary N) is 2. The molecule has 1 atom stereocenters. The van der Waals surface area contributed by atoms with Crippen LogP contribution in [-0.2, 0) is 4.74 Å². The molecule has 1 unspecified atom stereocenters. The highest BCUT2D eigenvalue weighted by Crippen LogP contribution is 2.11. The van der Waals surface area contributed by atoms with Crippen molar-refractivity contribution in [1.29, 1.82) is 0 Å². The molecule has 0 saturated heterocycles. The van der Waals surface area contributed by atoms with Gasteiger partial charge in [-0.25, -0.2) is 4.79 Å². The van der Waals surface area contributed by atoms with E-state index in [2.05, 4.69) is 4.74 Å². The minimum Gasteiger partial charge on any atom is -0.465 e. The molecule has 0 saturated carbocycles. The summed E-state index contributed by atoms with van der Waals surface area (Å²) in [4.78, 5) is 11.1. The molecule has 0 bridgehead atoms. The van der Waals surface area contributed by atoms with E-state index >= 15 is 0 Å². The largest absolute Gasteiger partial charge is 0.465 e. The van der Waals surface area contributed by atoms with Gasteiger partial charge in [0, 0.05) is 12.6 Å². The van der Waals surface area contributed by atoms with Crippen LogP contribution in [0.15, 0.2) is 24.3 Å². The van der Waals surface area contributed by atoms with Crippen LogP contribution in [0.5, 0.6) is 0 Å². The van der Waals surface area contributed by atoms with Gasteiger partial charge in [0.25, 0.3) is 0 Å². The summed E-state index contributed by atoms with van der Waals surface area (Å²) in [6.07, 6.45) is 0. The smallest absolute Gasteiger partial charge is 0.337 e. The minimum absolute atomic E-state index is 0.179. The Labute approximate surface area is 82.8 Å². The Bertz CT molecular complexity index is 308. The van der Waals surface area contributed by atoms with E-state index in [1.807, 2.05) is 0 Å². The molecule has 0 spiro atoms. The first-order valence-corrected chi connectivity index (χ1v) is 4.33. The normalized spacial score (nSPS) is 12.2. The van der Waals surface area contributed by atoms with Crippen LogP contribution >= 0.6 is 0 Å². The van der Waals surface area contributed by atoms with Gasteiger partial charge in [-0.05, 0) is 17.7 Å². The van der Waals surface area contributed by atoms with Crippen LogP contribution < -0.4 is 11.5 Å². The third kappa shape index (κ3) is 2.31. The van der Waals surface area contributed by atoms with Crippen molar-refractivity contribution in [2.24, 2.45) is 11.5 Å². The van der Waals surface area contributed by atoms with Gasteiger partial charge < -0.3 is 16.2 Å². The lowest BCUT2D eigenvalue weighted by Crippen LogP contribution is -2.20. The molecule has 1 aromatic rings. The third-order valence-corrected chi connectivity index (χ3v) is 2.01. The number of hydrogen-bond acceptors (Lipinski definition) is 4. The van der Waals surface area contributed by atoms with E-state index in [0.717, 1.165) is 5.56 Å². The van der Waals surface area contributed by atoms with Gasteiger partial charge in [0.05, 0.1) is 12.7 Å². The van der Waals surface area contributed by atoms with Crippen molar-refractivity contribution < 1.29 is 9.53 Å². The maximum absolute atomic E-state index is 11.1. The van der Waals surface area contributed by atoms with Gasteiger partial charge in [-0.2, -0.15) is 0 Å². The molecule has 1 rings (SSSR count). The second kappa shape index (κ2) is 4.74. The zero-order chi connectivity index (χ0) is 10.6. The third-order valence-electron chi connectivity index (χ3n) is 2.01. The van der Waals surface area contributed by atoms with Crippen molar-refractivity contribution in [3.05, 3.63) is 35.4 Å². The highest BCUT2D eigenvalue weighted by molar-refractivity contribution is 5.89. The summed E-state index contributed by atoms with van der Waals surface area (Å²) in [6.45, 7) is 0.386. The molecule has 0 amide bonds. The van der Waals surface area contributed by atoms with E-state index in [-0.39, 0.29) is 12.0 Å². The predicted molar refractivity (Wildman–Crippen MR) is 53.8 cm³/mol. The molecule has 0 aliphatic carbocycles. The Morgan fingerprint density at radius 1 is 1.43 bits per heavy atom. The molecule has 14 heavy (non-hydrogen) atoms. The van der Waals surface area contributed by atoms with Gasteiger partial charge in [0.2, 0.25) is 0 Å². The molecule has 0 fully saturated rings. The second-order valence-corrected chi connectivity index (χ2v) is 2.96. The van der Waals surface area contributed by atoms with E-state index in [1.165, 1.54) is 7.11 Å². The lowest BCUT2D eigenvalue weighted by molar-refractivity contribution is 0.0600. The first-order valence-electron chi connectivity index (χ1n) is 4.33. The average molecular weight is 194 g/mol. The monoisotopic (exact) mass is 194 g/mol. The van der Waals surface area contributed by atoms with Crippen molar-refractivity contribution in [3.8, 4) is 0 Å². The fourth-order valence-corrected chi connectivity index (χ4v) is 1.12. The number of ether oxygens (including phenoxy) is 1. The molecular formula is C10H14N2O2. The fourth-order valence-electron chi connectivity index (χ4n) is 1.12. The van der Waals surface area contributed by atoms with Gasteiger partial charge in [0.15, 0.2) is 0 Å². The van der Waals surface area contributed by atoms with Crippen molar-refractivity contribution in [2.75, 3.05) is 13.7 Å². The number of hydrogen-bond donors (Lipinski definition) is 2. The first-order chi connectivity index (χ1) is 6.69. The number of methoxy groups -OCH3 is 1. The Morgan fingerprint density at radius 2 is 2.00 bits per heavy atom. The van der Waals surface area contributed by atoms with E-state index < -0.39 is 0 Å². The molecule has 0 heterocycles. The minimum atomic E-state index is -0.349. The molecule has 0 radical (unpaired) electrons. The molecule has 1 aromatic carbocycles. The number of carbonyl (C=O) groups excluding carboxylic acids is 1. The van der Waals surface area contributed by atoms with Gasteiger partial charge in [0.1, 0.15) is 0 Å². The molecular weight excluding hydrogens is 180 g/mol. The second-order valence-electron chi connectivity index (χ2n) is 2.96. The molecule has 4 N–H and O–H groups in total. The van der Waals surface area contributed by atoms with Crippen molar-refractivity contribution in [2.45, 2.75) is 6.04 Å². The quantitative estimate of drug-likeness (QED) is 0.684. The lowest BCUT2D eigenvalue weighted by atomic mass is 10.1. The van der Waals surface area contributed by atoms with Crippen LogP contribution in [0.1, 0.15) is 22.0 Å². The number of esters is 1.